The molecule has 2 rings (SSSR count). The minimum atomic E-state index is -0.542. The van der Waals surface area contributed by atoms with E-state index < -0.39 is 18.5 Å². The highest BCUT2D eigenvalue weighted by Crippen LogP contribution is 2.33. The lowest BCUT2D eigenvalue weighted by atomic mass is 10.1. The summed E-state index contributed by atoms with van der Waals surface area (Å²) in [7, 11) is 0. The Morgan fingerprint density at radius 3 is 2.33 bits per heavy atom. The maximum absolute atomic E-state index is 11.9. The number of hydrogen-bond donors (Lipinski definition) is 1. The van der Waals surface area contributed by atoms with Crippen LogP contribution in [-0.4, -0.2) is 18.5 Å². The summed E-state index contributed by atoms with van der Waals surface area (Å²) < 4.78 is 4.98. The highest BCUT2D eigenvalue weighted by molar-refractivity contribution is 6.42. The van der Waals surface area contributed by atoms with Crippen LogP contribution in [0.15, 0.2) is 36.4 Å². The Kier molecular flexibility index (Phi) is 6.49. The number of esters is 1. The Hall–Kier alpha value is -1.75. The highest BCUT2D eigenvalue weighted by Gasteiger charge is 2.14. The van der Waals surface area contributed by atoms with Gasteiger partial charge in [0.1, 0.15) is 0 Å². The number of anilines is 1. The summed E-state index contributed by atoms with van der Waals surface area (Å²) in [6, 6.07) is 10.4. The van der Waals surface area contributed by atoms with Gasteiger partial charge in [0, 0.05) is 5.02 Å². The maximum atomic E-state index is 11.9. The number of carbonyl (C=O) groups excluding carboxylic acids is 2. The van der Waals surface area contributed by atoms with Crippen molar-refractivity contribution in [2.75, 3.05) is 11.9 Å². The third kappa shape index (κ3) is 5.13. The molecule has 0 atom stereocenters. The smallest absolute Gasteiger partial charge is 0.310 e. The van der Waals surface area contributed by atoms with Crippen molar-refractivity contribution in [1.29, 1.82) is 0 Å². The van der Waals surface area contributed by atoms with Crippen molar-refractivity contribution in [3.63, 3.8) is 0 Å². The number of amides is 1. The van der Waals surface area contributed by atoms with E-state index >= 15 is 0 Å². The van der Waals surface area contributed by atoms with Gasteiger partial charge in [-0.2, -0.15) is 0 Å². The van der Waals surface area contributed by atoms with Crippen molar-refractivity contribution in [2.45, 2.75) is 13.3 Å². The molecule has 0 saturated carbocycles. The third-order valence-corrected chi connectivity index (χ3v) is 4.05. The second-order valence-corrected chi connectivity index (χ2v) is 6.31. The molecular formula is C17H14Cl3NO3. The fraction of sp³-hybridized carbons (Fsp3) is 0.176. The Morgan fingerprint density at radius 1 is 1.08 bits per heavy atom. The molecule has 1 amide bonds. The van der Waals surface area contributed by atoms with E-state index in [9.17, 15) is 9.59 Å². The molecule has 0 radical (unpaired) electrons. The SMILES string of the molecule is Cc1ccccc1CC(=O)OCC(=O)Nc1c(Cl)cc(Cl)cc1Cl. The van der Waals surface area contributed by atoms with Crippen molar-refractivity contribution in [3.8, 4) is 0 Å². The zero-order valence-electron chi connectivity index (χ0n) is 12.7. The summed E-state index contributed by atoms with van der Waals surface area (Å²) in [5.74, 6) is -1.04. The van der Waals surface area contributed by atoms with E-state index in [1.54, 1.807) is 0 Å². The van der Waals surface area contributed by atoms with Crippen LogP contribution in [0, 0.1) is 6.92 Å². The Labute approximate surface area is 154 Å². The number of rotatable bonds is 5. The third-order valence-electron chi connectivity index (χ3n) is 3.23. The van der Waals surface area contributed by atoms with Gasteiger partial charge < -0.3 is 10.1 Å². The maximum Gasteiger partial charge on any atom is 0.310 e. The van der Waals surface area contributed by atoms with Gasteiger partial charge in [-0.3, -0.25) is 9.59 Å². The predicted octanol–water partition coefficient (Wildman–Crippen LogP) is 4.68. The topological polar surface area (TPSA) is 55.4 Å². The van der Waals surface area contributed by atoms with Crippen LogP contribution in [0.1, 0.15) is 11.1 Å². The highest BCUT2D eigenvalue weighted by atomic mass is 35.5. The van der Waals surface area contributed by atoms with Gasteiger partial charge in [-0.1, -0.05) is 59.1 Å². The summed E-state index contributed by atoms with van der Waals surface area (Å²) in [4.78, 5) is 23.7. The van der Waals surface area contributed by atoms with E-state index in [0.717, 1.165) is 11.1 Å². The lowest BCUT2D eigenvalue weighted by molar-refractivity contribution is -0.146. The molecule has 0 aliphatic carbocycles. The molecule has 126 valence electrons. The van der Waals surface area contributed by atoms with Gasteiger partial charge in [0.05, 0.1) is 22.2 Å². The fourth-order valence-electron chi connectivity index (χ4n) is 2.00. The summed E-state index contributed by atoms with van der Waals surface area (Å²) in [6.45, 7) is 1.47. The second kappa shape index (κ2) is 8.38. The van der Waals surface area contributed by atoms with Crippen LogP contribution in [0.5, 0.6) is 0 Å². The number of hydrogen-bond acceptors (Lipinski definition) is 3. The zero-order chi connectivity index (χ0) is 17.7. The molecule has 0 aliphatic heterocycles. The molecular weight excluding hydrogens is 373 g/mol. The van der Waals surface area contributed by atoms with Crippen LogP contribution in [0.2, 0.25) is 15.1 Å². The Morgan fingerprint density at radius 2 is 1.71 bits per heavy atom. The van der Waals surface area contributed by atoms with Gasteiger partial charge in [-0.15, -0.1) is 0 Å². The summed E-state index contributed by atoms with van der Waals surface area (Å²) in [5, 5.41) is 3.25. The first-order valence-corrected chi connectivity index (χ1v) is 8.14. The monoisotopic (exact) mass is 385 g/mol. The van der Waals surface area contributed by atoms with E-state index in [0.29, 0.717) is 5.02 Å². The van der Waals surface area contributed by atoms with E-state index in [1.807, 2.05) is 31.2 Å². The van der Waals surface area contributed by atoms with Crippen molar-refractivity contribution >= 4 is 52.4 Å². The number of ether oxygens (including phenoxy) is 1. The van der Waals surface area contributed by atoms with E-state index in [2.05, 4.69) is 5.32 Å². The number of aryl methyl sites for hydroxylation is 1. The first-order chi connectivity index (χ1) is 11.4. The van der Waals surface area contributed by atoms with Crippen LogP contribution in [-0.2, 0) is 20.7 Å². The molecule has 0 fully saturated rings. The molecule has 2 aromatic rings. The van der Waals surface area contributed by atoms with Gasteiger partial charge >= 0.3 is 5.97 Å². The molecule has 0 aliphatic rings. The summed E-state index contributed by atoms with van der Waals surface area (Å²) in [5.41, 5.74) is 2.06. The molecule has 2 aromatic carbocycles. The molecule has 0 saturated heterocycles. The molecule has 7 heteroatoms. The van der Waals surface area contributed by atoms with Crippen LogP contribution in [0.25, 0.3) is 0 Å². The predicted molar refractivity (Wildman–Crippen MR) is 95.9 cm³/mol. The van der Waals surface area contributed by atoms with Crippen molar-refractivity contribution < 1.29 is 14.3 Å². The van der Waals surface area contributed by atoms with Gasteiger partial charge in [0.25, 0.3) is 5.91 Å². The lowest BCUT2D eigenvalue weighted by Gasteiger charge is -2.10. The first-order valence-electron chi connectivity index (χ1n) is 7.01. The average Bonchev–Trinajstić information content (AvgIpc) is 2.51. The average molecular weight is 387 g/mol. The van der Waals surface area contributed by atoms with Gasteiger partial charge in [-0.25, -0.2) is 0 Å². The molecule has 0 bridgehead atoms. The first kappa shape index (κ1) is 18.6. The van der Waals surface area contributed by atoms with Gasteiger partial charge in [0.15, 0.2) is 6.61 Å². The Bertz CT molecular complexity index is 754. The van der Waals surface area contributed by atoms with E-state index in [1.165, 1.54) is 12.1 Å². The minimum Gasteiger partial charge on any atom is -0.455 e. The molecule has 1 N–H and O–H groups in total. The molecule has 0 aromatic heterocycles. The summed E-state index contributed by atoms with van der Waals surface area (Å²) in [6.07, 6.45) is 0.0996. The fourth-order valence-corrected chi connectivity index (χ4v) is 2.91. The quantitative estimate of drug-likeness (QED) is 0.759. The Balaban J connectivity index is 1.90. The second-order valence-electron chi connectivity index (χ2n) is 5.06. The number of benzene rings is 2. The van der Waals surface area contributed by atoms with Crippen LogP contribution in [0.3, 0.4) is 0 Å². The molecule has 4 nitrogen and oxygen atoms in total. The van der Waals surface area contributed by atoms with Crippen molar-refractivity contribution in [2.24, 2.45) is 0 Å². The van der Waals surface area contributed by atoms with Crippen LogP contribution in [0.4, 0.5) is 5.69 Å². The number of nitrogens with one attached hydrogen (secondary N) is 1. The zero-order valence-corrected chi connectivity index (χ0v) is 15.0. The van der Waals surface area contributed by atoms with Crippen molar-refractivity contribution in [3.05, 3.63) is 62.6 Å². The van der Waals surface area contributed by atoms with Gasteiger partial charge in [-0.05, 0) is 30.2 Å². The molecule has 24 heavy (non-hydrogen) atoms. The van der Waals surface area contributed by atoms with Crippen LogP contribution < -0.4 is 5.32 Å². The molecule has 0 unspecified atom stereocenters. The number of halogens is 3. The van der Waals surface area contributed by atoms with E-state index in [-0.39, 0.29) is 22.2 Å². The minimum absolute atomic E-state index is 0.0996. The summed E-state index contributed by atoms with van der Waals surface area (Å²) >= 11 is 17.8. The lowest BCUT2D eigenvalue weighted by Crippen LogP contribution is -2.22. The molecule has 0 spiro atoms. The largest absolute Gasteiger partial charge is 0.455 e. The van der Waals surface area contributed by atoms with E-state index in [4.69, 9.17) is 39.5 Å². The number of carbonyl (C=O) groups is 2. The van der Waals surface area contributed by atoms with Gasteiger partial charge in [0.2, 0.25) is 0 Å². The van der Waals surface area contributed by atoms with Crippen LogP contribution >= 0.6 is 34.8 Å². The molecule has 0 heterocycles. The standard InChI is InChI=1S/C17H14Cl3NO3/c1-10-4-2-3-5-11(10)6-16(23)24-9-15(22)21-17-13(19)7-12(18)8-14(17)20/h2-5,7-8H,6,9H2,1H3,(H,21,22). The van der Waals surface area contributed by atoms with Crippen molar-refractivity contribution in [1.82, 2.24) is 0 Å². The normalized spacial score (nSPS) is 10.3.